The van der Waals surface area contributed by atoms with Gasteiger partial charge in [-0.3, -0.25) is 9.69 Å². The fourth-order valence-electron chi connectivity index (χ4n) is 2.55. The van der Waals surface area contributed by atoms with Crippen LogP contribution < -0.4 is 10.2 Å². The predicted molar refractivity (Wildman–Crippen MR) is 96.5 cm³/mol. The normalized spacial score (nSPS) is 13.6. The minimum absolute atomic E-state index is 0.157. The van der Waals surface area contributed by atoms with Gasteiger partial charge in [-0.15, -0.1) is 0 Å². The summed E-state index contributed by atoms with van der Waals surface area (Å²) in [5.74, 6) is 2.15. The van der Waals surface area contributed by atoms with Gasteiger partial charge in [0.15, 0.2) is 5.69 Å². The number of anilines is 2. The molecule has 0 spiro atoms. The van der Waals surface area contributed by atoms with E-state index in [0.717, 1.165) is 18.6 Å². The van der Waals surface area contributed by atoms with E-state index in [1.165, 1.54) is 11.2 Å². The summed E-state index contributed by atoms with van der Waals surface area (Å²) >= 11 is 6.45. The molecule has 4 rings (SSSR count). The van der Waals surface area contributed by atoms with Crippen molar-refractivity contribution in [3.63, 3.8) is 0 Å². The quantitative estimate of drug-likeness (QED) is 0.701. The molecule has 0 radical (unpaired) electrons. The number of halogens is 1. The van der Waals surface area contributed by atoms with E-state index >= 15 is 0 Å². The molecule has 0 atom stereocenters. The van der Waals surface area contributed by atoms with Crippen molar-refractivity contribution in [1.29, 1.82) is 0 Å². The van der Waals surface area contributed by atoms with Gasteiger partial charge < -0.3 is 14.2 Å². The number of aromatic nitrogens is 2. The van der Waals surface area contributed by atoms with E-state index in [1.807, 2.05) is 12.1 Å². The first-order chi connectivity index (χ1) is 12.6. The molecule has 1 fully saturated rings. The lowest BCUT2D eigenvalue weighted by Gasteiger charge is -2.16. The van der Waals surface area contributed by atoms with Crippen LogP contribution in [0.25, 0.3) is 0 Å². The molecule has 134 valence electrons. The first-order valence-corrected chi connectivity index (χ1v) is 8.66. The summed E-state index contributed by atoms with van der Waals surface area (Å²) in [7, 11) is 1.62. The first kappa shape index (κ1) is 16.7. The van der Waals surface area contributed by atoms with Gasteiger partial charge in [0, 0.05) is 19.0 Å². The smallest absolute Gasteiger partial charge is 0.280 e. The van der Waals surface area contributed by atoms with Gasteiger partial charge in [-0.2, -0.15) is 0 Å². The van der Waals surface area contributed by atoms with Crippen molar-refractivity contribution in [3.05, 3.63) is 59.1 Å². The summed E-state index contributed by atoms with van der Waals surface area (Å²) in [4.78, 5) is 23.2. The molecule has 1 aliphatic rings. The van der Waals surface area contributed by atoms with Gasteiger partial charge in [0.25, 0.3) is 5.91 Å². The Bertz CT molecular complexity index is 905. The third kappa shape index (κ3) is 3.30. The molecule has 3 aromatic heterocycles. The molecule has 26 heavy (non-hydrogen) atoms. The highest BCUT2D eigenvalue weighted by atomic mass is 35.5. The number of rotatable bonds is 6. The van der Waals surface area contributed by atoms with Crippen LogP contribution in [0.5, 0.6) is 0 Å². The van der Waals surface area contributed by atoms with Crippen molar-refractivity contribution in [2.24, 2.45) is 0 Å². The van der Waals surface area contributed by atoms with Crippen LogP contribution in [0.3, 0.4) is 0 Å². The Morgan fingerprint density at radius 3 is 2.69 bits per heavy atom. The van der Waals surface area contributed by atoms with E-state index in [4.69, 9.17) is 20.4 Å². The molecule has 0 saturated heterocycles. The Hall–Kier alpha value is -2.80. The third-order valence-corrected chi connectivity index (χ3v) is 4.52. The molecule has 8 heteroatoms. The lowest BCUT2D eigenvalue weighted by atomic mass is 10.3. The molecule has 0 bridgehead atoms. The van der Waals surface area contributed by atoms with Crippen molar-refractivity contribution in [2.45, 2.75) is 25.3 Å². The molecule has 0 unspecified atom stereocenters. The van der Waals surface area contributed by atoms with Gasteiger partial charge in [-0.05, 0) is 31.0 Å². The Morgan fingerprint density at radius 2 is 2.04 bits per heavy atom. The molecule has 1 saturated carbocycles. The second-order valence-electron chi connectivity index (χ2n) is 6.12. The van der Waals surface area contributed by atoms with Gasteiger partial charge in [-0.25, -0.2) is 9.97 Å². The van der Waals surface area contributed by atoms with Crippen molar-refractivity contribution in [3.8, 4) is 0 Å². The summed E-state index contributed by atoms with van der Waals surface area (Å²) in [6.07, 6.45) is 5.13. The van der Waals surface area contributed by atoms with Gasteiger partial charge in [0.05, 0.1) is 19.1 Å². The number of nitrogens with zero attached hydrogens (tertiary/aromatic N) is 3. The SMILES string of the molecule is CN(C(=O)c1nc(C2CC2)nc(NCc2ccco2)c1Cl)c1ccco1. The zero-order valence-corrected chi connectivity index (χ0v) is 14.9. The van der Waals surface area contributed by atoms with E-state index in [2.05, 4.69) is 15.3 Å². The Morgan fingerprint density at radius 1 is 1.27 bits per heavy atom. The maximum atomic E-state index is 12.9. The van der Waals surface area contributed by atoms with Gasteiger partial charge in [-0.1, -0.05) is 11.6 Å². The van der Waals surface area contributed by atoms with Crippen molar-refractivity contribution >= 4 is 29.2 Å². The highest BCUT2D eigenvalue weighted by molar-refractivity contribution is 6.36. The van der Waals surface area contributed by atoms with Crippen LogP contribution in [0.2, 0.25) is 5.02 Å². The lowest BCUT2D eigenvalue weighted by molar-refractivity contribution is 0.0984. The summed E-state index contributed by atoms with van der Waals surface area (Å²) in [5, 5.41) is 3.32. The predicted octanol–water partition coefficient (Wildman–Crippen LogP) is 4.08. The molecule has 0 aromatic carbocycles. The number of nitrogens with one attached hydrogen (secondary N) is 1. The van der Waals surface area contributed by atoms with Crippen molar-refractivity contribution in [2.75, 3.05) is 17.3 Å². The molecule has 3 aromatic rings. The second kappa shape index (κ2) is 6.84. The number of carbonyl (C=O) groups excluding carboxylic acids is 1. The molecule has 0 aliphatic heterocycles. The Kier molecular flexibility index (Phi) is 4.38. The highest BCUT2D eigenvalue weighted by Gasteiger charge is 2.31. The van der Waals surface area contributed by atoms with Crippen LogP contribution >= 0.6 is 11.6 Å². The maximum Gasteiger partial charge on any atom is 0.280 e. The van der Waals surface area contributed by atoms with Gasteiger partial charge >= 0.3 is 0 Å². The first-order valence-electron chi connectivity index (χ1n) is 8.28. The van der Waals surface area contributed by atoms with Crippen molar-refractivity contribution < 1.29 is 13.6 Å². The fraction of sp³-hybridized carbons (Fsp3) is 0.278. The van der Waals surface area contributed by atoms with Gasteiger partial charge in [0.1, 0.15) is 22.4 Å². The van der Waals surface area contributed by atoms with E-state index in [0.29, 0.717) is 24.1 Å². The lowest BCUT2D eigenvalue weighted by Crippen LogP contribution is -2.28. The van der Waals surface area contributed by atoms with Crippen LogP contribution in [0.15, 0.2) is 45.6 Å². The zero-order valence-electron chi connectivity index (χ0n) is 14.1. The second-order valence-corrected chi connectivity index (χ2v) is 6.49. The van der Waals surface area contributed by atoms with Crippen LogP contribution in [0, 0.1) is 0 Å². The van der Waals surface area contributed by atoms with E-state index in [-0.39, 0.29) is 22.5 Å². The minimum atomic E-state index is -0.352. The monoisotopic (exact) mass is 372 g/mol. The molecule has 7 nitrogen and oxygen atoms in total. The van der Waals surface area contributed by atoms with Crippen LogP contribution in [0.4, 0.5) is 11.7 Å². The Labute approximate surface area is 155 Å². The molecule has 3 heterocycles. The standard InChI is InChI=1S/C18H17ClN4O3/c1-23(13-5-3-9-26-13)18(24)15-14(19)17(20-10-12-4-2-8-25-12)22-16(21-15)11-6-7-11/h2-5,8-9,11H,6-7,10H2,1H3,(H,20,21,22). The number of hydrogen-bond donors (Lipinski definition) is 1. The average Bonchev–Trinajstić information content (AvgIpc) is 3.12. The zero-order chi connectivity index (χ0) is 18.1. The average molecular weight is 373 g/mol. The highest BCUT2D eigenvalue weighted by Crippen LogP contribution is 2.40. The molecular weight excluding hydrogens is 356 g/mol. The number of amides is 1. The fourth-order valence-corrected chi connectivity index (χ4v) is 2.78. The number of hydrogen-bond acceptors (Lipinski definition) is 6. The van der Waals surface area contributed by atoms with Crippen molar-refractivity contribution in [1.82, 2.24) is 9.97 Å². The maximum absolute atomic E-state index is 12.9. The Balaban J connectivity index is 1.65. The van der Waals surface area contributed by atoms with Crippen LogP contribution in [0.1, 0.15) is 40.8 Å². The number of furan rings is 2. The summed E-state index contributed by atoms with van der Waals surface area (Å²) < 4.78 is 10.6. The topological polar surface area (TPSA) is 84.4 Å². The van der Waals surface area contributed by atoms with E-state index in [1.54, 1.807) is 25.4 Å². The van der Waals surface area contributed by atoms with Crippen LogP contribution in [-0.2, 0) is 6.54 Å². The summed E-state index contributed by atoms with van der Waals surface area (Å²) in [6.45, 7) is 0.412. The third-order valence-electron chi connectivity index (χ3n) is 4.17. The van der Waals surface area contributed by atoms with Crippen LogP contribution in [-0.4, -0.2) is 22.9 Å². The molecule has 1 N–H and O–H groups in total. The van der Waals surface area contributed by atoms with E-state index in [9.17, 15) is 4.79 Å². The minimum Gasteiger partial charge on any atom is -0.467 e. The largest absolute Gasteiger partial charge is 0.467 e. The molecule has 1 amide bonds. The van der Waals surface area contributed by atoms with Gasteiger partial charge in [0.2, 0.25) is 5.88 Å². The van der Waals surface area contributed by atoms with E-state index < -0.39 is 0 Å². The summed E-state index contributed by atoms with van der Waals surface area (Å²) in [5.41, 5.74) is 0.157. The summed E-state index contributed by atoms with van der Waals surface area (Å²) in [6, 6.07) is 7.07. The molecular formula is C18H17ClN4O3. The number of carbonyl (C=O) groups is 1. The molecule has 1 aliphatic carbocycles.